The molecule has 2 aromatic rings. The number of benzene rings is 1. The molecule has 0 radical (unpaired) electrons. The summed E-state index contributed by atoms with van der Waals surface area (Å²) >= 11 is 1.27. The van der Waals surface area contributed by atoms with E-state index in [0.717, 1.165) is 17.0 Å². The zero-order chi connectivity index (χ0) is 19.3. The van der Waals surface area contributed by atoms with Crippen LogP contribution in [0.5, 0.6) is 0 Å². The standard InChI is InChI=1S/C19H26N2O3S2/c1-5-18-10-11-19(25-18)26(23,24)20-12-13-21(15(4)22)17-8-6-16(7-9-17)14(2)3/h6-11,14,20H,5,12-13H2,1-4H3. The lowest BCUT2D eigenvalue weighted by molar-refractivity contribution is -0.116. The van der Waals surface area contributed by atoms with Gasteiger partial charge in [-0.1, -0.05) is 32.9 Å². The fourth-order valence-corrected chi connectivity index (χ4v) is 4.92. The summed E-state index contributed by atoms with van der Waals surface area (Å²) < 4.78 is 27.6. The van der Waals surface area contributed by atoms with E-state index in [9.17, 15) is 13.2 Å². The average Bonchev–Trinajstić information content (AvgIpc) is 3.08. The van der Waals surface area contributed by atoms with Gasteiger partial charge in [0, 0.05) is 30.6 Å². The van der Waals surface area contributed by atoms with E-state index in [1.54, 1.807) is 11.0 Å². The van der Waals surface area contributed by atoms with Gasteiger partial charge in [-0.05, 0) is 42.2 Å². The molecule has 0 fully saturated rings. The van der Waals surface area contributed by atoms with Crippen molar-refractivity contribution in [3.05, 3.63) is 46.8 Å². The first-order valence-electron chi connectivity index (χ1n) is 8.71. The van der Waals surface area contributed by atoms with Crippen LogP contribution in [0.25, 0.3) is 0 Å². The second-order valence-corrected chi connectivity index (χ2v) is 9.55. The lowest BCUT2D eigenvalue weighted by Gasteiger charge is -2.22. The van der Waals surface area contributed by atoms with Gasteiger partial charge in [0.1, 0.15) is 4.21 Å². The Morgan fingerprint density at radius 2 is 1.81 bits per heavy atom. The van der Waals surface area contributed by atoms with Crippen molar-refractivity contribution < 1.29 is 13.2 Å². The number of nitrogens with one attached hydrogen (secondary N) is 1. The Bertz CT molecular complexity index is 840. The van der Waals surface area contributed by atoms with Crippen LogP contribution in [-0.2, 0) is 21.2 Å². The lowest BCUT2D eigenvalue weighted by atomic mass is 10.0. The number of aryl methyl sites for hydroxylation is 1. The Kier molecular flexibility index (Phi) is 6.97. The summed E-state index contributed by atoms with van der Waals surface area (Å²) in [5.74, 6) is 0.298. The van der Waals surface area contributed by atoms with E-state index in [1.165, 1.54) is 23.8 Å². The molecule has 1 heterocycles. The van der Waals surface area contributed by atoms with Crippen molar-refractivity contribution in [1.82, 2.24) is 4.72 Å². The summed E-state index contributed by atoms with van der Waals surface area (Å²) in [5, 5.41) is 0. The number of thiophene rings is 1. The van der Waals surface area contributed by atoms with Crippen LogP contribution in [0, 0.1) is 0 Å². The first-order valence-corrected chi connectivity index (χ1v) is 11.0. The molecule has 0 unspecified atom stereocenters. The van der Waals surface area contributed by atoms with Gasteiger partial charge in [0.2, 0.25) is 15.9 Å². The molecule has 0 aliphatic heterocycles. The highest BCUT2D eigenvalue weighted by atomic mass is 32.2. The largest absolute Gasteiger partial charge is 0.311 e. The fourth-order valence-electron chi connectivity index (χ4n) is 2.56. The highest BCUT2D eigenvalue weighted by molar-refractivity contribution is 7.91. The summed E-state index contributed by atoms with van der Waals surface area (Å²) in [4.78, 5) is 14.6. The van der Waals surface area contributed by atoms with Crippen LogP contribution in [0.15, 0.2) is 40.6 Å². The number of nitrogens with zero attached hydrogens (tertiary/aromatic N) is 1. The molecule has 1 N–H and O–H groups in total. The molecule has 0 bridgehead atoms. The number of carbonyl (C=O) groups excluding carboxylic acids is 1. The number of hydrogen-bond acceptors (Lipinski definition) is 4. The van der Waals surface area contributed by atoms with Gasteiger partial charge in [-0.2, -0.15) is 0 Å². The smallest absolute Gasteiger partial charge is 0.250 e. The Morgan fingerprint density at radius 3 is 2.31 bits per heavy atom. The van der Waals surface area contributed by atoms with E-state index in [2.05, 4.69) is 18.6 Å². The third-order valence-electron chi connectivity index (χ3n) is 4.13. The predicted octanol–water partition coefficient (Wildman–Crippen LogP) is 3.77. The van der Waals surface area contributed by atoms with Gasteiger partial charge in [-0.3, -0.25) is 4.79 Å². The minimum absolute atomic E-state index is 0.120. The van der Waals surface area contributed by atoms with Crippen molar-refractivity contribution in [2.45, 2.75) is 44.2 Å². The van der Waals surface area contributed by atoms with Crippen LogP contribution in [0.2, 0.25) is 0 Å². The van der Waals surface area contributed by atoms with Crippen molar-refractivity contribution in [2.75, 3.05) is 18.0 Å². The van der Waals surface area contributed by atoms with Gasteiger partial charge in [-0.15, -0.1) is 11.3 Å². The van der Waals surface area contributed by atoms with Gasteiger partial charge in [-0.25, -0.2) is 13.1 Å². The minimum Gasteiger partial charge on any atom is -0.311 e. The Hall–Kier alpha value is -1.70. The van der Waals surface area contributed by atoms with Crippen LogP contribution in [0.3, 0.4) is 0 Å². The van der Waals surface area contributed by atoms with Crippen molar-refractivity contribution in [1.29, 1.82) is 0 Å². The molecule has 0 aliphatic rings. The average molecular weight is 395 g/mol. The molecule has 0 saturated carbocycles. The lowest BCUT2D eigenvalue weighted by Crippen LogP contribution is -2.37. The van der Waals surface area contributed by atoms with Crippen LogP contribution >= 0.6 is 11.3 Å². The molecule has 0 atom stereocenters. The Balaban J connectivity index is 2.03. The molecule has 142 valence electrons. The number of anilines is 1. The topological polar surface area (TPSA) is 66.5 Å². The molecule has 1 aromatic carbocycles. The van der Waals surface area contributed by atoms with Crippen molar-refractivity contribution >= 4 is 33.0 Å². The Labute approximate surface area is 160 Å². The van der Waals surface area contributed by atoms with Crippen LogP contribution in [0.4, 0.5) is 5.69 Å². The molecule has 26 heavy (non-hydrogen) atoms. The van der Waals surface area contributed by atoms with Crippen molar-refractivity contribution in [2.24, 2.45) is 0 Å². The molecule has 2 rings (SSSR count). The van der Waals surface area contributed by atoms with Gasteiger partial charge >= 0.3 is 0 Å². The second-order valence-electron chi connectivity index (χ2n) is 6.39. The zero-order valence-corrected chi connectivity index (χ0v) is 17.3. The quantitative estimate of drug-likeness (QED) is 0.741. The van der Waals surface area contributed by atoms with Gasteiger partial charge in [0.25, 0.3) is 0 Å². The van der Waals surface area contributed by atoms with Crippen LogP contribution < -0.4 is 9.62 Å². The highest BCUT2D eigenvalue weighted by Crippen LogP contribution is 2.22. The first-order chi connectivity index (χ1) is 12.2. The maximum Gasteiger partial charge on any atom is 0.250 e. The summed E-state index contributed by atoms with van der Waals surface area (Å²) in [6, 6.07) is 11.3. The van der Waals surface area contributed by atoms with E-state index in [1.807, 2.05) is 37.3 Å². The van der Waals surface area contributed by atoms with Crippen LogP contribution in [0.1, 0.15) is 44.1 Å². The van der Waals surface area contributed by atoms with E-state index >= 15 is 0 Å². The monoisotopic (exact) mass is 394 g/mol. The number of rotatable bonds is 8. The maximum absolute atomic E-state index is 12.4. The van der Waals surface area contributed by atoms with E-state index in [-0.39, 0.29) is 19.0 Å². The molecule has 7 heteroatoms. The highest BCUT2D eigenvalue weighted by Gasteiger charge is 2.18. The summed E-state index contributed by atoms with van der Waals surface area (Å²) in [6.45, 7) is 8.14. The summed E-state index contributed by atoms with van der Waals surface area (Å²) in [5.41, 5.74) is 1.97. The zero-order valence-electron chi connectivity index (χ0n) is 15.7. The van der Waals surface area contributed by atoms with Crippen molar-refractivity contribution in [3.63, 3.8) is 0 Å². The first kappa shape index (κ1) is 20.6. The molecular weight excluding hydrogens is 368 g/mol. The number of carbonyl (C=O) groups is 1. The third kappa shape index (κ3) is 5.16. The molecule has 0 spiro atoms. The predicted molar refractivity (Wildman–Crippen MR) is 107 cm³/mol. The summed E-state index contributed by atoms with van der Waals surface area (Å²) in [6.07, 6.45) is 0.810. The normalized spacial score (nSPS) is 11.7. The van der Waals surface area contributed by atoms with E-state index in [4.69, 9.17) is 0 Å². The third-order valence-corrected chi connectivity index (χ3v) is 7.31. The molecule has 0 saturated heterocycles. The van der Waals surface area contributed by atoms with E-state index < -0.39 is 10.0 Å². The minimum atomic E-state index is -3.54. The second kappa shape index (κ2) is 8.79. The van der Waals surface area contributed by atoms with Gasteiger partial charge in [0.15, 0.2) is 0 Å². The summed E-state index contributed by atoms with van der Waals surface area (Å²) in [7, 11) is -3.54. The number of sulfonamides is 1. The molecule has 0 aliphatic carbocycles. The van der Waals surface area contributed by atoms with E-state index in [0.29, 0.717) is 10.1 Å². The van der Waals surface area contributed by atoms with Crippen molar-refractivity contribution in [3.8, 4) is 0 Å². The molecule has 1 aromatic heterocycles. The Morgan fingerprint density at radius 1 is 1.15 bits per heavy atom. The molecule has 1 amide bonds. The van der Waals surface area contributed by atoms with Gasteiger partial charge in [0.05, 0.1) is 0 Å². The fraction of sp³-hybridized carbons (Fsp3) is 0.421. The number of amides is 1. The molecular formula is C19H26N2O3S2. The number of hydrogen-bond donors (Lipinski definition) is 1. The SMILES string of the molecule is CCc1ccc(S(=O)(=O)NCCN(C(C)=O)c2ccc(C(C)C)cc2)s1. The van der Waals surface area contributed by atoms with Crippen LogP contribution in [-0.4, -0.2) is 27.4 Å². The molecule has 5 nitrogen and oxygen atoms in total. The maximum atomic E-state index is 12.4. The van der Waals surface area contributed by atoms with Gasteiger partial charge < -0.3 is 4.90 Å².